The van der Waals surface area contributed by atoms with Crippen LogP contribution in [0.25, 0.3) is 0 Å². The second-order valence-electron chi connectivity index (χ2n) is 8.24. The van der Waals surface area contributed by atoms with E-state index in [0.29, 0.717) is 17.8 Å². The Labute approximate surface area is 183 Å². The first kappa shape index (κ1) is 22.8. The van der Waals surface area contributed by atoms with E-state index in [1.807, 2.05) is 19.1 Å². The third-order valence-electron chi connectivity index (χ3n) is 5.88. The Morgan fingerprint density at radius 1 is 0.968 bits per heavy atom. The Morgan fingerprint density at radius 3 is 2.35 bits per heavy atom. The van der Waals surface area contributed by atoms with Crippen LogP contribution in [0.5, 0.6) is 5.75 Å². The molecule has 0 radical (unpaired) electrons. The lowest BCUT2D eigenvalue weighted by atomic mass is 10.1. The number of methoxy groups -OCH3 is 2. The van der Waals surface area contributed by atoms with Crippen molar-refractivity contribution in [2.75, 3.05) is 52.3 Å². The van der Waals surface area contributed by atoms with Crippen LogP contribution in [0.4, 0.5) is 5.69 Å². The van der Waals surface area contributed by atoms with Crippen LogP contribution in [0.2, 0.25) is 0 Å². The summed E-state index contributed by atoms with van der Waals surface area (Å²) in [5.41, 5.74) is 4.47. The molecule has 31 heavy (non-hydrogen) atoms. The van der Waals surface area contributed by atoms with Crippen LogP contribution in [0, 0.1) is 13.8 Å². The zero-order chi connectivity index (χ0) is 22.4. The smallest absolute Gasteiger partial charge is 0.337 e. The Kier molecular flexibility index (Phi) is 7.65. The second-order valence-corrected chi connectivity index (χ2v) is 8.24. The third-order valence-corrected chi connectivity index (χ3v) is 5.88. The molecule has 2 aromatic rings. The summed E-state index contributed by atoms with van der Waals surface area (Å²) < 4.78 is 10.3. The summed E-state index contributed by atoms with van der Waals surface area (Å²) in [6.07, 6.45) is 0. The number of carbonyl (C=O) groups excluding carboxylic acids is 2. The SMILES string of the molecule is COC(=O)c1ccc(C)c(NC(=O)C[NH+]2CC[NH+](Cc3cc(C)ccc3OC)CC2)c1. The summed E-state index contributed by atoms with van der Waals surface area (Å²) in [7, 11) is 3.06. The van der Waals surface area contributed by atoms with Gasteiger partial charge in [-0.05, 0) is 43.7 Å². The highest BCUT2D eigenvalue weighted by atomic mass is 16.5. The van der Waals surface area contributed by atoms with Gasteiger partial charge in [0.15, 0.2) is 6.54 Å². The van der Waals surface area contributed by atoms with Crippen molar-refractivity contribution in [2.45, 2.75) is 20.4 Å². The van der Waals surface area contributed by atoms with Crippen molar-refractivity contribution in [1.29, 1.82) is 0 Å². The van der Waals surface area contributed by atoms with E-state index in [-0.39, 0.29) is 5.91 Å². The first-order chi connectivity index (χ1) is 14.9. The average molecular weight is 428 g/mol. The van der Waals surface area contributed by atoms with Gasteiger partial charge in [0.25, 0.3) is 5.91 Å². The Bertz CT molecular complexity index is 936. The van der Waals surface area contributed by atoms with Crippen molar-refractivity contribution >= 4 is 17.6 Å². The van der Waals surface area contributed by atoms with E-state index in [1.54, 1.807) is 19.2 Å². The zero-order valence-electron chi connectivity index (χ0n) is 18.8. The highest BCUT2D eigenvalue weighted by Gasteiger charge is 2.26. The van der Waals surface area contributed by atoms with Crippen molar-refractivity contribution < 1.29 is 28.9 Å². The largest absolute Gasteiger partial charge is 0.496 e. The van der Waals surface area contributed by atoms with Gasteiger partial charge in [0.05, 0.1) is 19.8 Å². The number of benzene rings is 2. The van der Waals surface area contributed by atoms with Gasteiger partial charge >= 0.3 is 5.97 Å². The molecule has 1 aliphatic rings. The molecule has 0 atom stereocenters. The molecule has 1 heterocycles. The Morgan fingerprint density at radius 2 is 1.68 bits per heavy atom. The van der Waals surface area contributed by atoms with Crippen LogP contribution in [0.3, 0.4) is 0 Å². The fourth-order valence-corrected chi connectivity index (χ4v) is 4.05. The Hall–Kier alpha value is -2.90. The van der Waals surface area contributed by atoms with Gasteiger partial charge in [0.2, 0.25) is 0 Å². The monoisotopic (exact) mass is 427 g/mol. The van der Waals surface area contributed by atoms with Crippen LogP contribution >= 0.6 is 0 Å². The van der Waals surface area contributed by atoms with E-state index in [2.05, 4.69) is 24.4 Å². The number of rotatable bonds is 7. The van der Waals surface area contributed by atoms with Gasteiger partial charge in [0.1, 0.15) is 38.5 Å². The summed E-state index contributed by atoms with van der Waals surface area (Å²) in [6, 6.07) is 11.5. The molecule has 0 saturated carbocycles. The summed E-state index contributed by atoms with van der Waals surface area (Å²) in [4.78, 5) is 27.1. The van der Waals surface area contributed by atoms with Gasteiger partial charge < -0.3 is 24.6 Å². The van der Waals surface area contributed by atoms with Crippen molar-refractivity contribution in [3.8, 4) is 5.75 Å². The minimum atomic E-state index is -0.412. The summed E-state index contributed by atoms with van der Waals surface area (Å²) in [6.45, 7) is 9.27. The number of nitrogens with one attached hydrogen (secondary N) is 3. The van der Waals surface area contributed by atoms with Gasteiger partial charge in [-0.25, -0.2) is 4.79 Å². The molecule has 1 amide bonds. The van der Waals surface area contributed by atoms with Crippen LogP contribution in [-0.4, -0.2) is 58.8 Å². The number of aryl methyl sites for hydroxylation is 2. The molecule has 1 aliphatic heterocycles. The summed E-state index contributed by atoms with van der Waals surface area (Å²) >= 11 is 0. The second kappa shape index (κ2) is 10.4. The maximum absolute atomic E-state index is 12.6. The number of amides is 1. The molecule has 0 bridgehead atoms. The summed E-state index contributed by atoms with van der Waals surface area (Å²) in [5.74, 6) is 0.492. The number of quaternary nitrogens is 2. The zero-order valence-corrected chi connectivity index (χ0v) is 18.8. The molecule has 0 aliphatic carbocycles. The molecule has 2 aromatic carbocycles. The molecule has 1 saturated heterocycles. The van der Waals surface area contributed by atoms with Crippen LogP contribution in [-0.2, 0) is 16.1 Å². The standard InChI is InChI=1S/C24H31N3O4/c1-17-5-8-22(30-3)20(13-17)15-26-9-11-27(12-10-26)16-23(28)25-21-14-19(24(29)31-4)7-6-18(21)2/h5-8,13-14H,9-12,15-16H2,1-4H3,(H,25,28)/p+2. The number of hydrogen-bond acceptors (Lipinski definition) is 4. The third kappa shape index (κ3) is 6.06. The van der Waals surface area contributed by atoms with Crippen LogP contribution in [0.15, 0.2) is 36.4 Å². The number of piperazine rings is 1. The first-order valence-electron chi connectivity index (χ1n) is 10.7. The molecule has 166 valence electrons. The average Bonchev–Trinajstić information content (AvgIpc) is 2.76. The fraction of sp³-hybridized carbons (Fsp3) is 0.417. The lowest BCUT2D eigenvalue weighted by molar-refractivity contribution is -1.02. The number of anilines is 1. The minimum absolute atomic E-state index is 0.0380. The van der Waals surface area contributed by atoms with Crippen LogP contribution in [0.1, 0.15) is 27.0 Å². The quantitative estimate of drug-likeness (QED) is 0.545. The Balaban J connectivity index is 1.52. The molecule has 0 unspecified atom stereocenters. The lowest BCUT2D eigenvalue weighted by Crippen LogP contribution is -3.28. The molecule has 7 heteroatoms. The molecular weight excluding hydrogens is 394 g/mol. The predicted molar refractivity (Wildman–Crippen MR) is 119 cm³/mol. The number of esters is 1. The van der Waals surface area contributed by atoms with Gasteiger partial charge in [-0.3, -0.25) is 4.79 Å². The predicted octanol–water partition coefficient (Wildman–Crippen LogP) is 0.0207. The van der Waals surface area contributed by atoms with Crippen molar-refractivity contribution in [3.63, 3.8) is 0 Å². The highest BCUT2D eigenvalue weighted by Crippen LogP contribution is 2.19. The van der Waals surface area contributed by atoms with E-state index >= 15 is 0 Å². The van der Waals surface area contributed by atoms with E-state index in [0.717, 1.165) is 44.0 Å². The van der Waals surface area contributed by atoms with E-state index in [1.165, 1.54) is 28.0 Å². The normalized spacial score (nSPS) is 18.3. The van der Waals surface area contributed by atoms with Crippen molar-refractivity contribution in [1.82, 2.24) is 0 Å². The fourth-order valence-electron chi connectivity index (χ4n) is 4.05. The molecule has 3 rings (SSSR count). The molecule has 3 N–H and O–H groups in total. The molecule has 1 fully saturated rings. The van der Waals surface area contributed by atoms with Crippen molar-refractivity contribution in [2.24, 2.45) is 0 Å². The molecular formula is C24H33N3O4+2. The summed E-state index contributed by atoms with van der Waals surface area (Å²) in [5, 5.41) is 2.96. The number of ether oxygens (including phenoxy) is 2. The highest BCUT2D eigenvalue weighted by molar-refractivity contribution is 5.95. The maximum atomic E-state index is 12.6. The molecule has 7 nitrogen and oxygen atoms in total. The van der Waals surface area contributed by atoms with Gasteiger partial charge in [-0.2, -0.15) is 0 Å². The number of hydrogen-bond donors (Lipinski definition) is 3. The molecule has 0 spiro atoms. The van der Waals surface area contributed by atoms with Gasteiger partial charge in [-0.1, -0.05) is 17.7 Å². The van der Waals surface area contributed by atoms with Crippen LogP contribution < -0.4 is 19.9 Å². The van der Waals surface area contributed by atoms with E-state index in [9.17, 15) is 9.59 Å². The molecule has 0 aromatic heterocycles. The number of carbonyl (C=O) groups is 2. The minimum Gasteiger partial charge on any atom is -0.496 e. The maximum Gasteiger partial charge on any atom is 0.337 e. The van der Waals surface area contributed by atoms with Gasteiger partial charge in [0, 0.05) is 11.3 Å². The first-order valence-corrected chi connectivity index (χ1v) is 10.7. The van der Waals surface area contributed by atoms with E-state index < -0.39 is 5.97 Å². The van der Waals surface area contributed by atoms with Gasteiger partial charge in [-0.15, -0.1) is 0 Å². The van der Waals surface area contributed by atoms with E-state index in [4.69, 9.17) is 9.47 Å². The van der Waals surface area contributed by atoms with Crippen molar-refractivity contribution in [3.05, 3.63) is 58.7 Å². The topological polar surface area (TPSA) is 73.5 Å². The lowest BCUT2D eigenvalue weighted by Gasteiger charge is -2.29.